The molecule has 0 bridgehead atoms. The number of allylic oxidation sites excluding steroid dienone is 3. The largest absolute Gasteiger partial charge is 1.00 e. The number of aromatic nitrogens is 3. The number of rotatable bonds is 7. The molecule has 2 atom stereocenters. The molecular formula is C29H20ClN7Na2O5S. The number of carbonyl (C=O) groups is 2. The molecule has 2 aliphatic rings. The molecular weight excluding hydrogens is 640 g/mol. The van der Waals surface area contributed by atoms with E-state index in [4.69, 9.17) is 17.3 Å². The third-order valence-electron chi connectivity index (χ3n) is 6.85. The van der Waals surface area contributed by atoms with Gasteiger partial charge in [-0.1, -0.05) is 53.8 Å². The van der Waals surface area contributed by atoms with Gasteiger partial charge in [-0.05, 0) is 29.8 Å². The van der Waals surface area contributed by atoms with Crippen molar-refractivity contribution >= 4 is 62.2 Å². The smallest absolute Gasteiger partial charge is 0.744 e. The summed E-state index contributed by atoms with van der Waals surface area (Å²) in [7, 11) is -5.07. The molecule has 0 saturated heterocycles. The van der Waals surface area contributed by atoms with Gasteiger partial charge in [0.25, 0.3) is 0 Å². The molecule has 3 aromatic carbocycles. The molecule has 0 amide bonds. The molecule has 45 heavy (non-hydrogen) atoms. The van der Waals surface area contributed by atoms with Crippen LogP contribution in [0.25, 0.3) is 0 Å². The number of nitrogens with zero attached hydrogens (tertiary/aromatic N) is 3. The first kappa shape index (κ1) is 34.8. The van der Waals surface area contributed by atoms with Crippen molar-refractivity contribution in [1.29, 1.82) is 0 Å². The molecule has 16 heteroatoms. The zero-order chi connectivity index (χ0) is 30.3. The average Bonchev–Trinajstić information content (AvgIpc) is 2.97. The van der Waals surface area contributed by atoms with Gasteiger partial charge in [0, 0.05) is 28.2 Å². The van der Waals surface area contributed by atoms with E-state index in [9.17, 15) is 22.6 Å². The monoisotopic (exact) mass is 659 g/mol. The second-order valence-electron chi connectivity index (χ2n) is 9.59. The van der Waals surface area contributed by atoms with Gasteiger partial charge in [-0.3, -0.25) is 9.59 Å². The Morgan fingerprint density at radius 2 is 1.38 bits per heavy atom. The van der Waals surface area contributed by atoms with E-state index in [1.165, 1.54) is 18.2 Å². The minimum atomic E-state index is -5.07. The Balaban J connectivity index is 0.00000230. The molecule has 216 valence electrons. The van der Waals surface area contributed by atoms with Crippen molar-refractivity contribution in [3.63, 3.8) is 0 Å². The predicted octanol–water partition coefficient (Wildman–Crippen LogP) is -1.84. The van der Waals surface area contributed by atoms with Gasteiger partial charge in [0.1, 0.15) is 10.1 Å². The summed E-state index contributed by atoms with van der Waals surface area (Å²) in [6, 6.07) is 23.2. The molecule has 1 heterocycles. The van der Waals surface area contributed by atoms with Crippen LogP contribution in [0.2, 0.25) is 5.28 Å². The van der Waals surface area contributed by atoms with E-state index in [1.807, 2.05) is 30.3 Å². The number of ketones is 2. The summed E-state index contributed by atoms with van der Waals surface area (Å²) in [6.45, 7) is 0. The van der Waals surface area contributed by atoms with Gasteiger partial charge in [-0.15, -0.1) is 12.1 Å². The van der Waals surface area contributed by atoms with Crippen molar-refractivity contribution in [3.05, 3.63) is 118 Å². The number of hydrogen-bond acceptors (Lipinski definition) is 12. The summed E-state index contributed by atoms with van der Waals surface area (Å²) in [6.07, 6.45) is 1.01. The zero-order valence-electron chi connectivity index (χ0n) is 23.9. The van der Waals surface area contributed by atoms with Crippen molar-refractivity contribution < 1.29 is 81.7 Å². The second kappa shape index (κ2) is 14.1. The van der Waals surface area contributed by atoms with Crippen molar-refractivity contribution in [2.45, 2.75) is 0 Å². The van der Waals surface area contributed by atoms with Crippen LogP contribution in [-0.2, 0) is 10.1 Å². The van der Waals surface area contributed by atoms with E-state index in [-0.39, 0.29) is 93.1 Å². The quantitative estimate of drug-likeness (QED) is 0.0986. The SMILES string of the molecule is NC1=C(S(=O)(=O)[O-])C=C(Nc2c[c-]c(Nc3nc(Cl)nc(Nc4ccccc4)n3)cc2)C2C(=O)c3ccccc3C(=O)C12.[Na+].[Na+]. The standard InChI is InChI=1S/C29H21ClN7O5S.2Na/c30-27-35-28(33-15-6-2-1-3-7-15)37-29(36-27)34-17-12-10-16(11-13-17)32-20-14-21(43(40,41)42)24(31)23-22(20)25(38)18-8-4-5-9-19(18)26(23)39;;/h1-12,14,22-23,32H,31H2,(H,40,41,42)(H2,33,34,35,36,37);;/q-1;2*+1/p-1. The molecule has 0 radical (unpaired) electrons. The molecule has 2 unspecified atom stereocenters. The van der Waals surface area contributed by atoms with E-state index >= 15 is 0 Å². The van der Waals surface area contributed by atoms with Crippen LogP contribution in [0.4, 0.5) is 29.0 Å². The number of fused-ring (bicyclic) bond motifs is 2. The van der Waals surface area contributed by atoms with Gasteiger partial charge in [0.05, 0.1) is 16.7 Å². The minimum absolute atomic E-state index is 0. The first-order valence-electron chi connectivity index (χ1n) is 12.7. The van der Waals surface area contributed by atoms with E-state index in [1.54, 1.807) is 24.3 Å². The number of hydrogen-bond donors (Lipinski definition) is 4. The first-order chi connectivity index (χ1) is 20.6. The summed E-state index contributed by atoms with van der Waals surface area (Å²) in [5, 5.41) is 8.95. The molecule has 0 aliphatic heterocycles. The Morgan fingerprint density at radius 1 is 0.778 bits per heavy atom. The topological polar surface area (TPSA) is 192 Å². The van der Waals surface area contributed by atoms with Crippen molar-refractivity contribution in [1.82, 2.24) is 15.0 Å². The molecule has 4 aromatic rings. The van der Waals surface area contributed by atoms with Crippen LogP contribution in [0.5, 0.6) is 0 Å². The number of halogens is 1. The number of Topliss-reactive ketones (excluding diaryl/α,β-unsaturated/α-hetero) is 2. The third kappa shape index (κ3) is 7.32. The minimum Gasteiger partial charge on any atom is -0.744 e. The third-order valence-corrected chi connectivity index (χ3v) is 7.91. The van der Waals surface area contributed by atoms with Crippen LogP contribution in [0.1, 0.15) is 20.7 Å². The molecule has 6 rings (SSSR count). The molecule has 2 aliphatic carbocycles. The Labute approximate surface area is 307 Å². The van der Waals surface area contributed by atoms with E-state index in [2.05, 4.69) is 37.0 Å². The van der Waals surface area contributed by atoms with Gasteiger partial charge in [-0.25, -0.2) is 8.42 Å². The maximum Gasteiger partial charge on any atom is 1.00 e. The number of carbonyl (C=O) groups excluding carboxylic acids is 2. The fraction of sp³-hybridized carbons (Fsp3) is 0.0690. The normalized spacial score (nSPS) is 17.2. The Morgan fingerprint density at radius 3 is 1.98 bits per heavy atom. The Bertz CT molecular complexity index is 1960. The second-order valence-corrected chi connectivity index (χ2v) is 11.3. The molecule has 12 nitrogen and oxygen atoms in total. The molecule has 5 N–H and O–H groups in total. The van der Waals surface area contributed by atoms with Gasteiger partial charge in [-0.2, -0.15) is 27.1 Å². The number of nitrogens with two attached hydrogens (primary N) is 1. The first-order valence-corrected chi connectivity index (χ1v) is 14.5. The van der Waals surface area contributed by atoms with Crippen LogP contribution < -0.4 is 80.8 Å². The van der Waals surface area contributed by atoms with Gasteiger partial charge >= 0.3 is 59.1 Å². The van der Waals surface area contributed by atoms with Crippen LogP contribution >= 0.6 is 11.6 Å². The van der Waals surface area contributed by atoms with Crippen molar-refractivity contribution in [2.75, 3.05) is 16.0 Å². The maximum atomic E-state index is 13.5. The van der Waals surface area contributed by atoms with Gasteiger partial charge in [0.2, 0.25) is 17.2 Å². The molecule has 0 saturated carbocycles. The fourth-order valence-corrected chi connectivity index (χ4v) is 5.82. The van der Waals surface area contributed by atoms with E-state index < -0.39 is 44.1 Å². The summed E-state index contributed by atoms with van der Waals surface area (Å²) >= 11 is 6.08. The maximum absolute atomic E-state index is 13.5. The molecule has 0 fully saturated rings. The number of nitrogens with one attached hydrogen (secondary N) is 3. The Kier molecular flexibility index (Phi) is 10.9. The van der Waals surface area contributed by atoms with Crippen molar-refractivity contribution in [2.24, 2.45) is 17.6 Å². The van der Waals surface area contributed by atoms with Gasteiger partial charge < -0.3 is 26.2 Å². The Hall–Kier alpha value is -3.11. The summed E-state index contributed by atoms with van der Waals surface area (Å²) in [4.78, 5) is 38.6. The predicted molar refractivity (Wildman–Crippen MR) is 158 cm³/mol. The number of benzene rings is 3. The van der Waals surface area contributed by atoms with E-state index in [0.717, 1.165) is 11.8 Å². The number of para-hydroxylation sites is 1. The summed E-state index contributed by atoms with van der Waals surface area (Å²) in [5.74, 6) is -3.13. The average molecular weight is 660 g/mol. The van der Waals surface area contributed by atoms with Crippen LogP contribution in [0.3, 0.4) is 0 Å². The summed E-state index contributed by atoms with van der Waals surface area (Å²) in [5.41, 5.74) is 7.52. The van der Waals surface area contributed by atoms with E-state index in [0.29, 0.717) is 11.4 Å². The van der Waals surface area contributed by atoms with Crippen LogP contribution in [0, 0.1) is 17.9 Å². The molecule has 1 aromatic heterocycles. The zero-order valence-corrected chi connectivity index (χ0v) is 29.5. The number of anilines is 5. The van der Waals surface area contributed by atoms with Crippen molar-refractivity contribution in [3.8, 4) is 0 Å². The van der Waals surface area contributed by atoms with Gasteiger partial charge in [0.15, 0.2) is 11.6 Å². The van der Waals surface area contributed by atoms with Crippen LogP contribution in [-0.4, -0.2) is 39.5 Å². The fourth-order valence-electron chi connectivity index (χ4n) is 4.97. The summed E-state index contributed by atoms with van der Waals surface area (Å²) < 4.78 is 36.2. The molecule has 0 spiro atoms. The van der Waals surface area contributed by atoms with Crippen LogP contribution in [0.15, 0.2) is 95.2 Å².